The highest BCUT2D eigenvalue weighted by Crippen LogP contribution is 2.25. The smallest absolute Gasteiger partial charge is 0.258 e. The van der Waals surface area contributed by atoms with Gasteiger partial charge < -0.3 is 15.4 Å². The fourth-order valence-electron chi connectivity index (χ4n) is 1.67. The maximum atomic E-state index is 11.4. The summed E-state index contributed by atoms with van der Waals surface area (Å²) in [7, 11) is 0. The number of carbonyl (C=O) groups is 1. The molecule has 1 fully saturated rings. The molecular weight excluding hydrogens is 320 g/mol. The van der Waals surface area contributed by atoms with Crippen LogP contribution in [0.2, 0.25) is 0 Å². The number of hydrogen-bond acceptors (Lipinski definition) is 3. The number of hydrogen-bond donors (Lipinski definition) is 2. The van der Waals surface area contributed by atoms with Crippen LogP contribution >= 0.6 is 15.9 Å². The summed E-state index contributed by atoms with van der Waals surface area (Å²) < 4.78 is 6.49. The fraction of sp³-hybridized carbons (Fsp3) is 0.400. The minimum Gasteiger partial charge on any atom is -0.484 e. The average Bonchev–Trinajstić information content (AvgIpc) is 3.27. The zero-order valence-electron chi connectivity index (χ0n) is 11.1. The van der Waals surface area contributed by atoms with Crippen LogP contribution in [0.5, 0.6) is 5.75 Å². The van der Waals surface area contributed by atoms with Crippen molar-refractivity contribution in [3.63, 3.8) is 0 Å². The summed E-state index contributed by atoms with van der Waals surface area (Å²) >= 11 is 3.52. The molecule has 2 N–H and O–H groups in total. The van der Waals surface area contributed by atoms with E-state index in [1.807, 2.05) is 18.2 Å². The third-order valence-electron chi connectivity index (χ3n) is 2.93. The van der Waals surface area contributed by atoms with E-state index < -0.39 is 0 Å². The Kier molecular flexibility index (Phi) is 5.45. The molecule has 1 aromatic carbocycles. The second-order valence-corrected chi connectivity index (χ2v) is 5.53. The molecule has 20 heavy (non-hydrogen) atoms. The molecule has 1 amide bonds. The highest BCUT2D eigenvalue weighted by Gasteiger charge is 2.20. The molecule has 0 radical (unpaired) electrons. The number of halogens is 1. The first-order valence-corrected chi connectivity index (χ1v) is 7.33. The Morgan fingerprint density at radius 2 is 2.30 bits per heavy atom. The molecule has 1 aromatic rings. The van der Waals surface area contributed by atoms with Gasteiger partial charge in [-0.05, 0) is 36.6 Å². The standard InChI is InChI=1S/C15H17BrN2O2/c1-2-7-17-15(19)10-20-13-5-6-14(16)11(8-13)9-18-12-3-4-12/h1,5-6,8,12,18H,3-4,7,9-10H2,(H,17,19). The molecule has 0 atom stereocenters. The molecule has 1 aliphatic rings. The van der Waals surface area contributed by atoms with Crippen LogP contribution in [0, 0.1) is 12.3 Å². The number of ether oxygens (including phenoxy) is 1. The molecule has 0 aromatic heterocycles. The van der Waals surface area contributed by atoms with Crippen LogP contribution in [-0.4, -0.2) is 25.1 Å². The predicted octanol–water partition coefficient (Wildman–Crippen LogP) is 1.83. The largest absolute Gasteiger partial charge is 0.484 e. The molecule has 0 aliphatic heterocycles. The molecule has 2 rings (SSSR count). The molecule has 0 heterocycles. The van der Waals surface area contributed by atoms with Crippen molar-refractivity contribution in [3.8, 4) is 18.1 Å². The van der Waals surface area contributed by atoms with Gasteiger partial charge in [0.05, 0.1) is 6.54 Å². The fourth-order valence-corrected chi connectivity index (χ4v) is 2.05. The van der Waals surface area contributed by atoms with E-state index >= 15 is 0 Å². The van der Waals surface area contributed by atoms with Crippen LogP contribution in [0.25, 0.3) is 0 Å². The third-order valence-corrected chi connectivity index (χ3v) is 3.71. The van der Waals surface area contributed by atoms with Crippen molar-refractivity contribution in [1.82, 2.24) is 10.6 Å². The Balaban J connectivity index is 1.86. The Labute approximate surface area is 127 Å². The molecule has 0 unspecified atom stereocenters. The number of terminal acetylenes is 1. The maximum absolute atomic E-state index is 11.4. The summed E-state index contributed by atoms with van der Waals surface area (Å²) in [6, 6.07) is 6.35. The Morgan fingerprint density at radius 1 is 1.50 bits per heavy atom. The van der Waals surface area contributed by atoms with Crippen molar-refractivity contribution >= 4 is 21.8 Å². The normalized spacial score (nSPS) is 13.6. The lowest BCUT2D eigenvalue weighted by atomic mass is 10.2. The average molecular weight is 337 g/mol. The molecule has 0 bridgehead atoms. The summed E-state index contributed by atoms with van der Waals surface area (Å²) in [6.07, 6.45) is 7.57. The van der Waals surface area contributed by atoms with Gasteiger partial charge in [-0.3, -0.25) is 4.79 Å². The number of nitrogens with one attached hydrogen (secondary N) is 2. The molecular formula is C15H17BrN2O2. The van der Waals surface area contributed by atoms with E-state index in [1.165, 1.54) is 12.8 Å². The Morgan fingerprint density at radius 3 is 3.00 bits per heavy atom. The predicted molar refractivity (Wildman–Crippen MR) is 81.3 cm³/mol. The molecule has 0 spiro atoms. The first-order valence-electron chi connectivity index (χ1n) is 6.54. The Bertz CT molecular complexity index is 521. The zero-order valence-corrected chi connectivity index (χ0v) is 12.7. The van der Waals surface area contributed by atoms with E-state index in [-0.39, 0.29) is 19.1 Å². The van der Waals surface area contributed by atoms with Gasteiger partial charge in [-0.1, -0.05) is 21.9 Å². The summed E-state index contributed by atoms with van der Waals surface area (Å²) in [5, 5.41) is 6.00. The van der Waals surface area contributed by atoms with Crippen LogP contribution < -0.4 is 15.4 Å². The lowest BCUT2D eigenvalue weighted by Gasteiger charge is -2.10. The maximum Gasteiger partial charge on any atom is 0.258 e. The highest BCUT2D eigenvalue weighted by molar-refractivity contribution is 9.10. The van der Waals surface area contributed by atoms with Gasteiger partial charge in [0.15, 0.2) is 6.61 Å². The van der Waals surface area contributed by atoms with Crippen molar-refractivity contribution in [2.75, 3.05) is 13.2 Å². The topological polar surface area (TPSA) is 50.4 Å². The minimum absolute atomic E-state index is 0.0290. The quantitative estimate of drug-likeness (QED) is 0.747. The highest BCUT2D eigenvalue weighted by atomic mass is 79.9. The summed E-state index contributed by atoms with van der Waals surface area (Å²) in [4.78, 5) is 11.4. The summed E-state index contributed by atoms with van der Waals surface area (Å²) in [5.41, 5.74) is 1.12. The van der Waals surface area contributed by atoms with Gasteiger partial charge in [0, 0.05) is 17.1 Å². The van der Waals surface area contributed by atoms with Crippen molar-refractivity contribution in [3.05, 3.63) is 28.2 Å². The molecule has 0 saturated heterocycles. The van der Waals surface area contributed by atoms with Crippen LogP contribution in [0.4, 0.5) is 0 Å². The van der Waals surface area contributed by atoms with Crippen LogP contribution in [0.15, 0.2) is 22.7 Å². The monoisotopic (exact) mass is 336 g/mol. The van der Waals surface area contributed by atoms with Gasteiger partial charge in [0.25, 0.3) is 5.91 Å². The lowest BCUT2D eigenvalue weighted by molar-refractivity contribution is -0.122. The van der Waals surface area contributed by atoms with Gasteiger partial charge in [0.2, 0.25) is 0 Å². The van der Waals surface area contributed by atoms with Gasteiger partial charge in [-0.2, -0.15) is 0 Å². The number of benzene rings is 1. The molecule has 5 heteroatoms. The van der Waals surface area contributed by atoms with Crippen LogP contribution in [0.3, 0.4) is 0 Å². The van der Waals surface area contributed by atoms with Crippen molar-refractivity contribution in [2.24, 2.45) is 0 Å². The first-order chi connectivity index (χ1) is 9.69. The van der Waals surface area contributed by atoms with E-state index in [9.17, 15) is 4.79 Å². The van der Waals surface area contributed by atoms with Crippen molar-refractivity contribution < 1.29 is 9.53 Å². The van der Waals surface area contributed by atoms with Crippen molar-refractivity contribution in [1.29, 1.82) is 0 Å². The zero-order chi connectivity index (χ0) is 14.4. The van der Waals surface area contributed by atoms with E-state index in [2.05, 4.69) is 32.5 Å². The van der Waals surface area contributed by atoms with Gasteiger partial charge in [-0.25, -0.2) is 0 Å². The first kappa shape index (κ1) is 14.9. The SMILES string of the molecule is C#CCNC(=O)COc1ccc(Br)c(CNC2CC2)c1. The minimum atomic E-state index is -0.219. The molecule has 4 nitrogen and oxygen atoms in total. The molecule has 106 valence electrons. The summed E-state index contributed by atoms with van der Waals surface area (Å²) in [6.45, 7) is 0.990. The summed E-state index contributed by atoms with van der Waals surface area (Å²) in [5.74, 6) is 2.80. The van der Waals surface area contributed by atoms with E-state index in [4.69, 9.17) is 11.2 Å². The number of carbonyl (C=O) groups excluding carboxylic acids is 1. The van der Waals surface area contributed by atoms with E-state index in [1.54, 1.807) is 0 Å². The number of rotatable bonds is 7. The second kappa shape index (κ2) is 7.32. The van der Waals surface area contributed by atoms with Gasteiger partial charge in [-0.15, -0.1) is 6.42 Å². The third kappa shape index (κ3) is 4.87. The second-order valence-electron chi connectivity index (χ2n) is 4.68. The van der Waals surface area contributed by atoms with Crippen LogP contribution in [0.1, 0.15) is 18.4 Å². The van der Waals surface area contributed by atoms with Crippen LogP contribution in [-0.2, 0) is 11.3 Å². The molecule has 1 aliphatic carbocycles. The van der Waals surface area contributed by atoms with E-state index in [0.29, 0.717) is 11.8 Å². The number of amides is 1. The lowest BCUT2D eigenvalue weighted by Crippen LogP contribution is -2.29. The Hall–Kier alpha value is -1.51. The van der Waals surface area contributed by atoms with Gasteiger partial charge >= 0.3 is 0 Å². The van der Waals surface area contributed by atoms with Crippen molar-refractivity contribution in [2.45, 2.75) is 25.4 Å². The van der Waals surface area contributed by atoms with Gasteiger partial charge in [0.1, 0.15) is 5.75 Å². The molecule has 1 saturated carbocycles. The van der Waals surface area contributed by atoms with E-state index in [0.717, 1.165) is 16.6 Å².